The predicted molar refractivity (Wildman–Crippen MR) is 52.3 cm³/mol. The normalized spacial score (nSPS) is 25.5. The molecule has 0 amide bonds. The number of carboxylic acids is 1. The summed E-state index contributed by atoms with van der Waals surface area (Å²) in [7, 11) is 0. The van der Waals surface area contributed by atoms with Crippen molar-refractivity contribution in [3.63, 3.8) is 0 Å². The van der Waals surface area contributed by atoms with Gasteiger partial charge in [-0.2, -0.15) is 0 Å². The monoisotopic (exact) mass is 205 g/mol. The minimum atomic E-state index is -0.894. The van der Waals surface area contributed by atoms with Gasteiger partial charge in [0, 0.05) is 31.2 Å². The van der Waals surface area contributed by atoms with E-state index in [0.717, 1.165) is 5.56 Å². The number of pyridine rings is 1. The number of carboxylic acid groups (broad SMARTS) is 1. The van der Waals surface area contributed by atoms with Crippen LogP contribution in [-0.4, -0.2) is 21.8 Å². The van der Waals surface area contributed by atoms with Crippen LogP contribution in [0.25, 0.3) is 0 Å². The zero-order valence-electron chi connectivity index (χ0n) is 8.09. The molecular formula is C11H11NO3. The van der Waals surface area contributed by atoms with Gasteiger partial charge in [0.25, 0.3) is 0 Å². The van der Waals surface area contributed by atoms with E-state index >= 15 is 0 Å². The highest BCUT2D eigenvalue weighted by Crippen LogP contribution is 2.37. The van der Waals surface area contributed by atoms with E-state index in [1.165, 1.54) is 0 Å². The molecule has 1 heterocycles. The zero-order valence-corrected chi connectivity index (χ0v) is 8.09. The van der Waals surface area contributed by atoms with E-state index in [1.807, 2.05) is 6.07 Å². The second-order valence-electron chi connectivity index (χ2n) is 3.78. The zero-order chi connectivity index (χ0) is 10.8. The van der Waals surface area contributed by atoms with E-state index in [1.54, 1.807) is 18.5 Å². The van der Waals surface area contributed by atoms with Gasteiger partial charge >= 0.3 is 5.97 Å². The molecule has 1 aromatic heterocycles. The lowest BCUT2D eigenvalue weighted by molar-refractivity contribution is -0.142. The Bertz CT molecular complexity index is 388. The summed E-state index contributed by atoms with van der Waals surface area (Å²) in [6, 6.07) is 3.59. The first kappa shape index (κ1) is 9.83. The van der Waals surface area contributed by atoms with Crippen molar-refractivity contribution in [1.29, 1.82) is 0 Å². The second kappa shape index (κ2) is 3.81. The molecule has 0 bridgehead atoms. The Morgan fingerprint density at radius 1 is 1.47 bits per heavy atom. The van der Waals surface area contributed by atoms with E-state index in [4.69, 9.17) is 5.11 Å². The molecule has 1 aliphatic rings. The number of ketones is 1. The van der Waals surface area contributed by atoms with E-state index in [0.29, 0.717) is 6.42 Å². The first-order chi connectivity index (χ1) is 7.18. The minimum absolute atomic E-state index is 0.0243. The summed E-state index contributed by atoms with van der Waals surface area (Å²) in [6.45, 7) is 0. The predicted octanol–water partition coefficient (Wildman–Crippen LogP) is 1.23. The third kappa shape index (κ3) is 1.88. The van der Waals surface area contributed by atoms with E-state index in [-0.39, 0.29) is 18.1 Å². The number of aliphatic carboxylic acids is 1. The molecule has 78 valence electrons. The summed E-state index contributed by atoms with van der Waals surface area (Å²) in [5.41, 5.74) is 0.843. The van der Waals surface area contributed by atoms with Gasteiger partial charge in [-0.05, 0) is 11.6 Å². The van der Waals surface area contributed by atoms with Crippen LogP contribution in [0.2, 0.25) is 0 Å². The Balaban J connectivity index is 2.28. The summed E-state index contributed by atoms with van der Waals surface area (Å²) in [5.74, 6) is -1.66. The van der Waals surface area contributed by atoms with E-state index in [2.05, 4.69) is 4.98 Å². The van der Waals surface area contributed by atoms with Gasteiger partial charge < -0.3 is 5.11 Å². The molecule has 4 heteroatoms. The van der Waals surface area contributed by atoms with Crippen molar-refractivity contribution < 1.29 is 14.7 Å². The number of nitrogens with zero attached hydrogens (tertiary/aromatic N) is 1. The smallest absolute Gasteiger partial charge is 0.307 e. The molecule has 0 radical (unpaired) electrons. The number of aromatic nitrogens is 1. The lowest BCUT2D eigenvalue weighted by Crippen LogP contribution is -2.16. The average molecular weight is 205 g/mol. The fourth-order valence-corrected chi connectivity index (χ4v) is 2.06. The van der Waals surface area contributed by atoms with Crippen molar-refractivity contribution >= 4 is 11.8 Å². The Labute approximate surface area is 87.0 Å². The summed E-state index contributed by atoms with van der Waals surface area (Å²) >= 11 is 0. The molecule has 0 spiro atoms. The van der Waals surface area contributed by atoms with Crippen LogP contribution in [-0.2, 0) is 9.59 Å². The molecule has 0 unspecified atom stereocenters. The summed E-state index contributed by atoms with van der Waals surface area (Å²) < 4.78 is 0. The number of carbonyl (C=O) groups is 2. The second-order valence-corrected chi connectivity index (χ2v) is 3.78. The standard InChI is InChI=1S/C11H11NO3/c13-8-4-9(10(5-8)11(14)15)7-2-1-3-12-6-7/h1-3,6,9-10H,4-5H2,(H,14,15)/t9-,10-/m0/s1. The van der Waals surface area contributed by atoms with Crippen molar-refractivity contribution in [2.24, 2.45) is 5.92 Å². The molecule has 0 saturated heterocycles. The van der Waals surface area contributed by atoms with Gasteiger partial charge in [-0.1, -0.05) is 6.07 Å². The highest BCUT2D eigenvalue weighted by molar-refractivity contribution is 5.89. The number of hydrogen-bond donors (Lipinski definition) is 1. The first-order valence-electron chi connectivity index (χ1n) is 4.83. The first-order valence-corrected chi connectivity index (χ1v) is 4.83. The molecule has 2 rings (SSSR count). The molecule has 0 aromatic carbocycles. The van der Waals surface area contributed by atoms with Crippen LogP contribution in [0.15, 0.2) is 24.5 Å². The van der Waals surface area contributed by atoms with Crippen molar-refractivity contribution in [2.45, 2.75) is 18.8 Å². The Hall–Kier alpha value is -1.71. The Kier molecular flexibility index (Phi) is 2.49. The lowest BCUT2D eigenvalue weighted by atomic mass is 9.90. The largest absolute Gasteiger partial charge is 0.481 e. The third-order valence-electron chi connectivity index (χ3n) is 2.81. The Morgan fingerprint density at radius 3 is 2.87 bits per heavy atom. The fraction of sp³-hybridized carbons (Fsp3) is 0.364. The number of rotatable bonds is 2. The molecule has 0 aliphatic heterocycles. The van der Waals surface area contributed by atoms with E-state index in [9.17, 15) is 9.59 Å². The van der Waals surface area contributed by atoms with E-state index < -0.39 is 11.9 Å². The van der Waals surface area contributed by atoms with Gasteiger partial charge in [0.1, 0.15) is 5.78 Å². The molecular weight excluding hydrogens is 194 g/mol. The maximum atomic E-state index is 11.3. The molecule has 4 nitrogen and oxygen atoms in total. The molecule has 1 aliphatic carbocycles. The molecule has 1 aromatic rings. The lowest BCUT2D eigenvalue weighted by Gasteiger charge is -2.14. The van der Waals surface area contributed by atoms with Crippen LogP contribution in [0, 0.1) is 5.92 Å². The highest BCUT2D eigenvalue weighted by Gasteiger charge is 2.38. The minimum Gasteiger partial charge on any atom is -0.481 e. The molecule has 1 saturated carbocycles. The maximum Gasteiger partial charge on any atom is 0.307 e. The van der Waals surface area contributed by atoms with Crippen LogP contribution < -0.4 is 0 Å². The topological polar surface area (TPSA) is 67.3 Å². The van der Waals surface area contributed by atoms with Gasteiger partial charge in [-0.25, -0.2) is 0 Å². The summed E-state index contributed by atoms with van der Waals surface area (Å²) in [4.78, 5) is 26.2. The molecule has 2 atom stereocenters. The molecule has 15 heavy (non-hydrogen) atoms. The van der Waals surface area contributed by atoms with Crippen molar-refractivity contribution in [3.8, 4) is 0 Å². The van der Waals surface area contributed by atoms with Crippen LogP contribution in [0.5, 0.6) is 0 Å². The maximum absolute atomic E-state index is 11.3. The van der Waals surface area contributed by atoms with Crippen molar-refractivity contribution in [1.82, 2.24) is 4.98 Å². The average Bonchev–Trinajstić information content (AvgIpc) is 2.62. The number of hydrogen-bond acceptors (Lipinski definition) is 3. The molecule has 1 N–H and O–H groups in total. The third-order valence-corrected chi connectivity index (χ3v) is 2.81. The van der Waals surface area contributed by atoms with Crippen LogP contribution in [0.4, 0.5) is 0 Å². The van der Waals surface area contributed by atoms with Crippen LogP contribution >= 0.6 is 0 Å². The number of carbonyl (C=O) groups excluding carboxylic acids is 1. The van der Waals surface area contributed by atoms with Gasteiger partial charge in [0.2, 0.25) is 0 Å². The van der Waals surface area contributed by atoms with Gasteiger partial charge in [0.05, 0.1) is 5.92 Å². The Morgan fingerprint density at radius 2 is 2.27 bits per heavy atom. The van der Waals surface area contributed by atoms with Gasteiger partial charge in [0.15, 0.2) is 0 Å². The quantitative estimate of drug-likeness (QED) is 0.788. The fourth-order valence-electron chi connectivity index (χ4n) is 2.06. The molecule has 1 fully saturated rings. The summed E-state index contributed by atoms with van der Waals surface area (Å²) in [5, 5.41) is 8.99. The summed E-state index contributed by atoms with van der Waals surface area (Å²) in [6.07, 6.45) is 3.74. The number of Topliss-reactive ketones (excluding diaryl/α,β-unsaturated/α-hetero) is 1. The van der Waals surface area contributed by atoms with Gasteiger partial charge in [-0.15, -0.1) is 0 Å². The highest BCUT2D eigenvalue weighted by atomic mass is 16.4. The van der Waals surface area contributed by atoms with Crippen molar-refractivity contribution in [3.05, 3.63) is 30.1 Å². The van der Waals surface area contributed by atoms with Crippen LogP contribution in [0.1, 0.15) is 24.3 Å². The van der Waals surface area contributed by atoms with Gasteiger partial charge in [-0.3, -0.25) is 14.6 Å². The van der Waals surface area contributed by atoms with Crippen molar-refractivity contribution in [2.75, 3.05) is 0 Å². The van der Waals surface area contributed by atoms with Crippen LogP contribution in [0.3, 0.4) is 0 Å². The SMILES string of the molecule is O=C1C[C@H](C(=O)O)[C@H](c2cccnc2)C1.